The van der Waals surface area contributed by atoms with Crippen molar-refractivity contribution < 1.29 is 41.8 Å². The van der Waals surface area contributed by atoms with E-state index in [4.69, 9.17) is 26.8 Å². The highest BCUT2D eigenvalue weighted by Gasteiger charge is 2.43. The van der Waals surface area contributed by atoms with E-state index in [2.05, 4.69) is 15.5 Å². The maximum atomic E-state index is 14.4. The molecule has 2 aromatic rings. The fourth-order valence-corrected chi connectivity index (χ4v) is 8.15. The summed E-state index contributed by atoms with van der Waals surface area (Å²) in [6, 6.07) is 8.43. The summed E-state index contributed by atoms with van der Waals surface area (Å²) in [5.74, 6) is -1.35. The van der Waals surface area contributed by atoms with Gasteiger partial charge < -0.3 is 40.5 Å². The molecule has 13 nitrogen and oxygen atoms in total. The average molecular weight is 778 g/mol. The van der Waals surface area contributed by atoms with Gasteiger partial charge >= 0.3 is 24.3 Å². The highest BCUT2D eigenvalue weighted by Crippen LogP contribution is 2.38. The molecular weight excluding hydrogens is 731 g/mol. The van der Waals surface area contributed by atoms with E-state index in [1.54, 1.807) is 11.8 Å². The van der Waals surface area contributed by atoms with Crippen LogP contribution in [-0.4, -0.2) is 127 Å². The summed E-state index contributed by atoms with van der Waals surface area (Å²) in [7, 11) is 0. The molecule has 4 aliphatic rings. The van der Waals surface area contributed by atoms with E-state index < -0.39 is 54.0 Å². The number of halogens is 4. The Balaban J connectivity index is 1.20. The number of piperidine rings is 2. The van der Waals surface area contributed by atoms with E-state index in [0.717, 1.165) is 43.2 Å². The Morgan fingerprint density at radius 1 is 1.00 bits per heavy atom. The van der Waals surface area contributed by atoms with E-state index in [0.29, 0.717) is 32.4 Å². The van der Waals surface area contributed by atoms with Gasteiger partial charge in [0.2, 0.25) is 0 Å². The molecule has 2 aromatic carbocycles. The molecule has 0 radical (unpaired) electrons. The van der Waals surface area contributed by atoms with Gasteiger partial charge in [-0.05, 0) is 81.4 Å². The van der Waals surface area contributed by atoms with Gasteiger partial charge in [-0.2, -0.15) is 13.2 Å². The van der Waals surface area contributed by atoms with Crippen molar-refractivity contribution in [1.29, 1.82) is 0 Å². The number of urea groups is 1. The lowest BCUT2D eigenvalue weighted by Crippen LogP contribution is -2.63. The standard InChI is InChI=1S/C37H47ClF3N7O6/c1-2-53-34(50)30-22-46(25-7-12-43-13-8-25)17-18-48(30)33(49)31(21-23-19-27(37(39,40)41)32(42)28(38)20-23)54-36(52)45-14-10-26(11-15-45)47-16-9-24-5-3-4-6-29(24)44-35(47)51/h3-6,19-20,25-26,30-31,43H,2,7-18,21-22,42H2,1H3,(H,44,51)/t30-,31+/m0/s1. The van der Waals surface area contributed by atoms with Crippen molar-refractivity contribution in [2.75, 3.05) is 70.0 Å². The zero-order valence-electron chi connectivity index (χ0n) is 30.2. The van der Waals surface area contributed by atoms with E-state index in [1.165, 1.54) is 15.9 Å². The molecule has 6 rings (SSSR count). The van der Waals surface area contributed by atoms with Crippen LogP contribution in [0.25, 0.3) is 0 Å². The van der Waals surface area contributed by atoms with Gasteiger partial charge in [0.15, 0.2) is 6.10 Å². The number of piperazine rings is 1. The summed E-state index contributed by atoms with van der Waals surface area (Å²) in [4.78, 5) is 61.4. The van der Waals surface area contributed by atoms with Gasteiger partial charge in [0.1, 0.15) is 6.04 Å². The average Bonchev–Trinajstić information content (AvgIpc) is 3.33. The number of alkyl halides is 3. The second-order valence-corrected chi connectivity index (χ2v) is 14.5. The second-order valence-electron chi connectivity index (χ2n) is 14.1. The third kappa shape index (κ3) is 8.98. The summed E-state index contributed by atoms with van der Waals surface area (Å²) >= 11 is 6.14. The molecule has 0 aromatic heterocycles. The number of fused-ring (bicyclic) bond motifs is 1. The highest BCUT2D eigenvalue weighted by atomic mass is 35.5. The number of likely N-dealkylation sites (tertiary alicyclic amines) is 1. The molecule has 3 fully saturated rings. The minimum Gasteiger partial charge on any atom is -0.464 e. The zero-order valence-corrected chi connectivity index (χ0v) is 31.0. The number of nitrogen functional groups attached to an aromatic ring is 1. The fraction of sp³-hybridized carbons (Fsp3) is 0.568. The summed E-state index contributed by atoms with van der Waals surface area (Å²) in [5, 5.41) is 5.93. The fourth-order valence-electron chi connectivity index (χ4n) is 7.91. The molecule has 0 bridgehead atoms. The Morgan fingerprint density at radius 2 is 1.72 bits per heavy atom. The monoisotopic (exact) mass is 777 g/mol. The maximum Gasteiger partial charge on any atom is 0.418 e. The SMILES string of the molecule is CCOC(=O)[C@@H]1CN(C2CCNCC2)CCN1C(=O)[C@@H](Cc1cc(Cl)c(N)c(C(F)(F)F)c1)OC(=O)N1CCC(N2CCc3ccccc3NC2=O)CC1. The maximum absolute atomic E-state index is 14.4. The number of amides is 4. The largest absolute Gasteiger partial charge is 0.464 e. The molecule has 54 heavy (non-hydrogen) atoms. The number of anilines is 2. The number of carbonyl (C=O) groups is 4. The molecule has 294 valence electrons. The molecule has 3 saturated heterocycles. The molecule has 0 unspecified atom stereocenters. The summed E-state index contributed by atoms with van der Waals surface area (Å²) in [6.45, 7) is 5.09. The quantitative estimate of drug-likeness (QED) is 0.263. The minimum atomic E-state index is -4.84. The first kappa shape index (κ1) is 39.4. The Morgan fingerprint density at radius 3 is 2.43 bits per heavy atom. The number of nitrogens with two attached hydrogens (primary N) is 1. The van der Waals surface area contributed by atoms with Gasteiger partial charge in [0.05, 0.1) is 22.9 Å². The van der Waals surface area contributed by atoms with E-state index in [-0.39, 0.29) is 61.5 Å². The predicted molar refractivity (Wildman–Crippen MR) is 195 cm³/mol. The number of nitrogens with one attached hydrogen (secondary N) is 2. The molecule has 0 spiro atoms. The van der Waals surface area contributed by atoms with E-state index in [1.807, 2.05) is 24.3 Å². The van der Waals surface area contributed by atoms with Crippen molar-refractivity contribution >= 4 is 47.0 Å². The lowest BCUT2D eigenvalue weighted by molar-refractivity contribution is -0.162. The second kappa shape index (κ2) is 17.0. The van der Waals surface area contributed by atoms with Crippen molar-refractivity contribution in [1.82, 2.24) is 24.9 Å². The number of carbonyl (C=O) groups excluding carboxylic acids is 4. The third-order valence-electron chi connectivity index (χ3n) is 10.8. The van der Waals surface area contributed by atoms with Crippen LogP contribution in [0.15, 0.2) is 36.4 Å². The summed E-state index contributed by atoms with van der Waals surface area (Å²) in [6.07, 6.45) is -4.42. The number of para-hydroxylation sites is 1. The number of esters is 1. The van der Waals surface area contributed by atoms with Gasteiger partial charge in [-0.3, -0.25) is 9.69 Å². The molecular formula is C37H47ClF3N7O6. The van der Waals surface area contributed by atoms with Crippen LogP contribution in [0.1, 0.15) is 49.3 Å². The number of rotatable bonds is 8. The number of hydrogen-bond acceptors (Lipinski definition) is 9. The number of benzene rings is 2. The van der Waals surface area contributed by atoms with Gasteiger partial charge in [-0.1, -0.05) is 29.8 Å². The first-order chi connectivity index (χ1) is 25.8. The van der Waals surface area contributed by atoms with Crippen LogP contribution in [0.4, 0.5) is 34.1 Å². The zero-order chi connectivity index (χ0) is 38.6. The Kier molecular flexibility index (Phi) is 12.4. The molecule has 0 aliphatic carbocycles. The van der Waals surface area contributed by atoms with Crippen molar-refractivity contribution in [3.05, 3.63) is 58.1 Å². The lowest BCUT2D eigenvalue weighted by atomic mass is 9.99. The van der Waals surface area contributed by atoms with Crippen LogP contribution in [0.3, 0.4) is 0 Å². The number of hydrogen-bond donors (Lipinski definition) is 3. The Labute approximate surface area is 317 Å². The molecule has 0 saturated carbocycles. The van der Waals surface area contributed by atoms with Crippen LogP contribution in [0.2, 0.25) is 5.02 Å². The Hall–Kier alpha value is -4.28. The highest BCUT2D eigenvalue weighted by molar-refractivity contribution is 6.33. The van der Waals surface area contributed by atoms with Crippen LogP contribution in [0.5, 0.6) is 0 Å². The molecule has 4 N–H and O–H groups in total. The molecule has 4 aliphatic heterocycles. The summed E-state index contributed by atoms with van der Waals surface area (Å²) < 4.78 is 53.1. The molecule has 2 atom stereocenters. The van der Waals surface area contributed by atoms with Gasteiger partial charge in [-0.15, -0.1) is 0 Å². The first-order valence-corrected chi connectivity index (χ1v) is 18.9. The Bertz CT molecular complexity index is 1700. The third-order valence-corrected chi connectivity index (χ3v) is 11.1. The molecule has 17 heteroatoms. The molecule has 4 heterocycles. The van der Waals surface area contributed by atoms with E-state index in [9.17, 15) is 32.3 Å². The van der Waals surface area contributed by atoms with Gasteiger partial charge in [-0.25, -0.2) is 14.4 Å². The number of nitrogens with zero attached hydrogens (tertiary/aromatic N) is 4. The van der Waals surface area contributed by atoms with Gasteiger partial charge in [0.25, 0.3) is 5.91 Å². The van der Waals surface area contributed by atoms with Crippen molar-refractivity contribution in [2.45, 2.75) is 75.9 Å². The summed E-state index contributed by atoms with van der Waals surface area (Å²) in [5.41, 5.74) is 5.62. The first-order valence-electron chi connectivity index (χ1n) is 18.5. The van der Waals surface area contributed by atoms with Crippen molar-refractivity contribution in [3.63, 3.8) is 0 Å². The molecule has 4 amide bonds. The lowest BCUT2D eigenvalue weighted by Gasteiger charge is -2.45. The van der Waals surface area contributed by atoms with Crippen LogP contribution >= 0.6 is 11.6 Å². The van der Waals surface area contributed by atoms with Crippen LogP contribution < -0.4 is 16.4 Å². The smallest absolute Gasteiger partial charge is 0.418 e. The van der Waals surface area contributed by atoms with Crippen molar-refractivity contribution in [3.8, 4) is 0 Å². The van der Waals surface area contributed by atoms with Crippen LogP contribution in [-0.2, 0) is 38.1 Å². The number of ether oxygens (including phenoxy) is 2. The topological polar surface area (TPSA) is 150 Å². The minimum absolute atomic E-state index is 0.0272. The van der Waals surface area contributed by atoms with Crippen LogP contribution in [0, 0.1) is 0 Å². The van der Waals surface area contributed by atoms with Gasteiger partial charge in [0, 0.05) is 63.5 Å². The predicted octanol–water partition coefficient (Wildman–Crippen LogP) is 4.37. The van der Waals surface area contributed by atoms with Crippen molar-refractivity contribution in [2.24, 2.45) is 0 Å². The normalized spacial score (nSPS) is 21.2. The van der Waals surface area contributed by atoms with E-state index >= 15 is 0 Å².